The van der Waals surface area contributed by atoms with Gasteiger partial charge in [0.25, 0.3) is 0 Å². The molecular weight excluding hydrogens is 480 g/mol. The maximum absolute atomic E-state index is 11.7. The number of imidazole rings is 1. The first kappa shape index (κ1) is 26.2. The van der Waals surface area contributed by atoms with E-state index in [1.807, 2.05) is 17.7 Å². The number of nitrogens with zero attached hydrogens (tertiary/aromatic N) is 3. The van der Waals surface area contributed by atoms with Crippen LogP contribution in [0.1, 0.15) is 32.6 Å². The lowest BCUT2D eigenvalue weighted by atomic mass is 10.1. The van der Waals surface area contributed by atoms with Crippen LogP contribution in [-0.2, 0) is 11.8 Å². The van der Waals surface area contributed by atoms with Gasteiger partial charge in [0.05, 0.1) is 17.6 Å². The first-order valence-corrected chi connectivity index (χ1v) is 11.9. The molecule has 12 heteroatoms. The lowest BCUT2D eigenvalue weighted by Gasteiger charge is -2.20. The zero-order valence-corrected chi connectivity index (χ0v) is 21.2. The molecule has 4 rings (SSSR count). The molecule has 1 atom stereocenters. The summed E-state index contributed by atoms with van der Waals surface area (Å²) >= 11 is 0. The summed E-state index contributed by atoms with van der Waals surface area (Å²) in [4.78, 5) is 20.8. The molecule has 4 aromatic rings. The number of aryl methyl sites for hydroxylation is 1. The first-order valence-electron chi connectivity index (χ1n) is 11.9. The van der Waals surface area contributed by atoms with Crippen molar-refractivity contribution in [1.82, 2.24) is 25.2 Å². The Kier molecular flexibility index (Phi) is 7.81. The molecule has 0 aliphatic heterocycles. The third-order valence-electron chi connectivity index (χ3n) is 5.29. The standard InChI is InChI=1S/C25H32N6O6/c1-25(2,3)37-24(34)27-10-9-26-21(33)15-5-8-19-18(13-15)28-22(31(19)4)30-23-29-17-7-6-16(35-12-11-32)14-20(17)36-23/h5-8,13-14,21,26,32-33H,9-12H2,1-4H3,(H,27,34)(H,28,29,30). The minimum absolute atomic E-state index is 0.0753. The van der Waals surface area contributed by atoms with E-state index in [1.54, 1.807) is 51.1 Å². The number of carbonyl (C=O) groups is 1. The molecule has 1 amide bonds. The number of hydrogen-bond donors (Lipinski definition) is 5. The van der Waals surface area contributed by atoms with Gasteiger partial charge in [-0.2, -0.15) is 4.98 Å². The van der Waals surface area contributed by atoms with Gasteiger partial charge in [0.2, 0.25) is 5.95 Å². The number of aliphatic hydroxyl groups is 2. The Morgan fingerprint density at radius 3 is 2.70 bits per heavy atom. The molecule has 1 unspecified atom stereocenters. The highest BCUT2D eigenvalue weighted by Crippen LogP contribution is 2.27. The number of alkyl carbamates (subject to hydrolysis) is 1. The molecule has 0 saturated carbocycles. The predicted molar refractivity (Wildman–Crippen MR) is 138 cm³/mol. The second-order valence-corrected chi connectivity index (χ2v) is 9.37. The summed E-state index contributed by atoms with van der Waals surface area (Å²) < 4.78 is 18.3. The van der Waals surface area contributed by atoms with E-state index < -0.39 is 17.9 Å². The highest BCUT2D eigenvalue weighted by atomic mass is 16.6. The lowest BCUT2D eigenvalue weighted by Crippen LogP contribution is -2.37. The number of anilines is 2. The van der Waals surface area contributed by atoms with E-state index in [0.717, 1.165) is 5.52 Å². The molecule has 2 heterocycles. The Hall–Kier alpha value is -3.87. The van der Waals surface area contributed by atoms with Crippen molar-refractivity contribution in [3.05, 3.63) is 42.0 Å². The van der Waals surface area contributed by atoms with Gasteiger partial charge in [0, 0.05) is 26.2 Å². The maximum Gasteiger partial charge on any atom is 0.407 e. The van der Waals surface area contributed by atoms with Crippen LogP contribution >= 0.6 is 0 Å². The normalized spacial score (nSPS) is 12.6. The Morgan fingerprint density at radius 2 is 1.95 bits per heavy atom. The van der Waals surface area contributed by atoms with Gasteiger partial charge in [-0.25, -0.2) is 9.78 Å². The fraction of sp³-hybridized carbons (Fsp3) is 0.400. The number of aromatic nitrogens is 3. The van der Waals surface area contributed by atoms with Crippen LogP contribution in [0.15, 0.2) is 40.8 Å². The van der Waals surface area contributed by atoms with Crippen molar-refractivity contribution in [3.8, 4) is 5.75 Å². The molecule has 0 bridgehead atoms. The second kappa shape index (κ2) is 11.0. The summed E-state index contributed by atoms with van der Waals surface area (Å²) in [6, 6.07) is 11.0. The molecule has 2 aromatic heterocycles. The van der Waals surface area contributed by atoms with Crippen molar-refractivity contribution in [2.24, 2.45) is 7.05 Å². The summed E-state index contributed by atoms with van der Waals surface area (Å²) in [5, 5.41) is 28.2. The number of benzene rings is 2. The monoisotopic (exact) mass is 512 g/mol. The van der Waals surface area contributed by atoms with Crippen LogP contribution in [0.4, 0.5) is 16.8 Å². The summed E-state index contributed by atoms with van der Waals surface area (Å²) in [5.74, 6) is 1.09. The molecule has 2 aromatic carbocycles. The largest absolute Gasteiger partial charge is 0.491 e. The van der Waals surface area contributed by atoms with Crippen LogP contribution < -0.4 is 20.7 Å². The molecule has 12 nitrogen and oxygen atoms in total. The quantitative estimate of drug-likeness (QED) is 0.158. The summed E-state index contributed by atoms with van der Waals surface area (Å²) in [5.41, 5.74) is 2.77. The molecule has 0 radical (unpaired) electrons. The number of aliphatic hydroxyl groups excluding tert-OH is 2. The molecule has 5 N–H and O–H groups in total. The number of nitrogens with one attached hydrogen (secondary N) is 3. The van der Waals surface area contributed by atoms with E-state index >= 15 is 0 Å². The number of amides is 1. The van der Waals surface area contributed by atoms with Crippen molar-refractivity contribution >= 4 is 40.2 Å². The van der Waals surface area contributed by atoms with Gasteiger partial charge >= 0.3 is 12.1 Å². The number of oxazole rings is 1. The van der Waals surface area contributed by atoms with E-state index in [4.69, 9.17) is 19.0 Å². The molecule has 0 aliphatic carbocycles. The van der Waals surface area contributed by atoms with Crippen LogP contribution in [0.2, 0.25) is 0 Å². The molecule has 37 heavy (non-hydrogen) atoms. The molecule has 0 fully saturated rings. The van der Waals surface area contributed by atoms with Gasteiger partial charge in [0.1, 0.15) is 29.7 Å². The lowest BCUT2D eigenvalue weighted by molar-refractivity contribution is 0.0523. The van der Waals surface area contributed by atoms with Gasteiger partial charge < -0.3 is 34.0 Å². The van der Waals surface area contributed by atoms with Gasteiger partial charge in [-0.3, -0.25) is 10.6 Å². The van der Waals surface area contributed by atoms with Crippen molar-refractivity contribution in [2.75, 3.05) is 31.6 Å². The number of ether oxygens (including phenoxy) is 2. The number of rotatable bonds is 10. The molecule has 198 valence electrons. The van der Waals surface area contributed by atoms with E-state index in [-0.39, 0.29) is 19.2 Å². The van der Waals surface area contributed by atoms with E-state index in [0.29, 0.717) is 47.0 Å². The summed E-state index contributed by atoms with van der Waals surface area (Å²) in [6.45, 7) is 6.14. The third-order valence-corrected chi connectivity index (χ3v) is 5.29. The van der Waals surface area contributed by atoms with Crippen LogP contribution in [0.5, 0.6) is 5.75 Å². The smallest absolute Gasteiger partial charge is 0.407 e. The minimum Gasteiger partial charge on any atom is -0.491 e. The number of carbonyl (C=O) groups excluding carboxylic acids is 1. The van der Waals surface area contributed by atoms with Crippen molar-refractivity contribution in [1.29, 1.82) is 0 Å². The zero-order chi connectivity index (χ0) is 26.6. The fourth-order valence-electron chi connectivity index (χ4n) is 3.61. The number of hydrogen-bond acceptors (Lipinski definition) is 10. The Balaban J connectivity index is 1.39. The first-order chi connectivity index (χ1) is 17.6. The van der Waals surface area contributed by atoms with Crippen molar-refractivity contribution in [2.45, 2.75) is 32.6 Å². The number of fused-ring (bicyclic) bond motifs is 2. The molecular formula is C25H32N6O6. The molecule has 0 saturated heterocycles. The average Bonchev–Trinajstić information content (AvgIpc) is 3.38. The average molecular weight is 513 g/mol. The van der Waals surface area contributed by atoms with Crippen LogP contribution in [0, 0.1) is 0 Å². The Morgan fingerprint density at radius 1 is 1.14 bits per heavy atom. The van der Waals surface area contributed by atoms with E-state index in [2.05, 4.69) is 25.9 Å². The van der Waals surface area contributed by atoms with Gasteiger partial charge in [-0.05, 0) is 50.6 Å². The van der Waals surface area contributed by atoms with Gasteiger partial charge in [0.15, 0.2) is 5.58 Å². The zero-order valence-electron chi connectivity index (χ0n) is 21.2. The molecule has 0 aliphatic rings. The SMILES string of the molecule is Cn1c(Nc2nc3ccc(OCCO)cc3o2)nc2cc(C(O)NCCNC(=O)OC(C)(C)C)ccc21. The van der Waals surface area contributed by atoms with Crippen molar-refractivity contribution in [3.63, 3.8) is 0 Å². The third kappa shape index (κ3) is 6.67. The van der Waals surface area contributed by atoms with Gasteiger partial charge in [-0.1, -0.05) is 6.07 Å². The predicted octanol–water partition coefficient (Wildman–Crippen LogP) is 2.93. The Bertz CT molecular complexity index is 1380. The van der Waals surface area contributed by atoms with E-state index in [1.165, 1.54) is 0 Å². The van der Waals surface area contributed by atoms with Crippen LogP contribution in [0.3, 0.4) is 0 Å². The maximum atomic E-state index is 11.7. The summed E-state index contributed by atoms with van der Waals surface area (Å²) in [7, 11) is 1.86. The minimum atomic E-state index is -0.942. The van der Waals surface area contributed by atoms with Crippen molar-refractivity contribution < 1.29 is 28.9 Å². The second-order valence-electron chi connectivity index (χ2n) is 9.37. The van der Waals surface area contributed by atoms with E-state index in [9.17, 15) is 9.90 Å². The van der Waals surface area contributed by atoms with Crippen LogP contribution in [0.25, 0.3) is 22.1 Å². The van der Waals surface area contributed by atoms with Gasteiger partial charge in [-0.15, -0.1) is 0 Å². The summed E-state index contributed by atoms with van der Waals surface area (Å²) in [6.07, 6.45) is -1.45. The molecule has 0 spiro atoms. The fourth-order valence-corrected chi connectivity index (χ4v) is 3.61. The van der Waals surface area contributed by atoms with Crippen LogP contribution in [-0.4, -0.2) is 62.7 Å². The highest BCUT2D eigenvalue weighted by Gasteiger charge is 2.17. The Labute approximate surface area is 213 Å². The topological polar surface area (TPSA) is 156 Å². The highest BCUT2D eigenvalue weighted by molar-refractivity contribution is 5.81.